The average Bonchev–Trinajstić information content (AvgIpc) is 2.48. The van der Waals surface area contributed by atoms with Gasteiger partial charge in [-0.15, -0.1) is 0 Å². The van der Waals surface area contributed by atoms with Gasteiger partial charge in [-0.25, -0.2) is 0 Å². The first-order chi connectivity index (χ1) is 9.77. The van der Waals surface area contributed by atoms with Crippen molar-refractivity contribution in [3.05, 3.63) is 29.8 Å². The number of nitrogens with one attached hydrogen (secondary N) is 1. The zero-order valence-corrected chi connectivity index (χ0v) is 13.4. The highest BCUT2D eigenvalue weighted by atomic mass is 79.9. The van der Waals surface area contributed by atoms with Crippen LogP contribution in [0, 0.1) is 0 Å². The predicted octanol–water partition coefficient (Wildman–Crippen LogP) is 3.01. The van der Waals surface area contributed by atoms with E-state index in [1.165, 1.54) is 0 Å². The molecule has 0 aromatic heterocycles. The molecule has 5 heteroatoms. The Kier molecular flexibility index (Phi) is 9.07. The maximum absolute atomic E-state index is 11.9. The lowest BCUT2D eigenvalue weighted by Crippen LogP contribution is -2.25. The van der Waals surface area contributed by atoms with Crippen LogP contribution in [0.1, 0.15) is 30.1 Å². The molecule has 0 saturated heterocycles. The lowest BCUT2D eigenvalue weighted by atomic mass is 10.2. The molecule has 1 aromatic rings. The number of carbonyl (C=O) groups is 1. The van der Waals surface area contributed by atoms with E-state index in [0.29, 0.717) is 31.9 Å². The van der Waals surface area contributed by atoms with Crippen LogP contribution in [0.2, 0.25) is 0 Å². The molecule has 0 aliphatic heterocycles. The number of hydrogen-bond donors (Lipinski definition) is 1. The van der Waals surface area contributed by atoms with Crippen molar-refractivity contribution >= 4 is 21.8 Å². The maximum atomic E-state index is 11.9. The fraction of sp³-hybridized carbons (Fsp3) is 0.533. The molecule has 20 heavy (non-hydrogen) atoms. The third-order valence-electron chi connectivity index (χ3n) is 2.54. The normalized spacial score (nSPS) is 10.3. The van der Waals surface area contributed by atoms with Crippen LogP contribution in [0.25, 0.3) is 0 Å². The maximum Gasteiger partial charge on any atom is 0.251 e. The summed E-state index contributed by atoms with van der Waals surface area (Å²) in [4.78, 5) is 11.9. The van der Waals surface area contributed by atoms with Crippen LogP contribution in [0.5, 0.6) is 5.75 Å². The molecule has 0 bridgehead atoms. The first kappa shape index (κ1) is 17.0. The molecule has 0 spiro atoms. The van der Waals surface area contributed by atoms with E-state index in [4.69, 9.17) is 9.47 Å². The fourth-order valence-corrected chi connectivity index (χ4v) is 1.81. The summed E-state index contributed by atoms with van der Waals surface area (Å²) in [6.45, 7) is 4.68. The summed E-state index contributed by atoms with van der Waals surface area (Å²) in [5.74, 6) is 0.660. The Morgan fingerprint density at radius 2 is 2.15 bits per heavy atom. The first-order valence-corrected chi connectivity index (χ1v) is 8.05. The molecule has 1 rings (SSSR count). The van der Waals surface area contributed by atoms with Gasteiger partial charge in [-0.2, -0.15) is 0 Å². The van der Waals surface area contributed by atoms with Crippen molar-refractivity contribution in [1.82, 2.24) is 5.32 Å². The van der Waals surface area contributed by atoms with Crippen molar-refractivity contribution in [2.75, 3.05) is 31.7 Å². The number of hydrogen-bond acceptors (Lipinski definition) is 3. The van der Waals surface area contributed by atoms with Crippen molar-refractivity contribution < 1.29 is 14.3 Å². The van der Waals surface area contributed by atoms with Gasteiger partial charge in [0.1, 0.15) is 5.75 Å². The molecule has 0 aliphatic carbocycles. The van der Waals surface area contributed by atoms with Crippen molar-refractivity contribution in [3.8, 4) is 5.75 Å². The van der Waals surface area contributed by atoms with E-state index < -0.39 is 0 Å². The molecule has 0 radical (unpaired) electrons. The van der Waals surface area contributed by atoms with Crippen LogP contribution in [0.4, 0.5) is 0 Å². The molecule has 0 unspecified atom stereocenters. The quantitative estimate of drug-likeness (QED) is 0.524. The summed E-state index contributed by atoms with van der Waals surface area (Å²) >= 11 is 3.29. The molecule has 1 N–H and O–H groups in total. The van der Waals surface area contributed by atoms with Gasteiger partial charge < -0.3 is 14.8 Å². The molecule has 0 saturated carbocycles. The number of amides is 1. The Balaban J connectivity index is 2.31. The predicted molar refractivity (Wildman–Crippen MR) is 83.8 cm³/mol. The highest BCUT2D eigenvalue weighted by Crippen LogP contribution is 2.13. The molecule has 1 amide bonds. The van der Waals surface area contributed by atoms with Crippen LogP contribution in [0.3, 0.4) is 0 Å². The van der Waals surface area contributed by atoms with E-state index in [-0.39, 0.29) is 5.91 Å². The van der Waals surface area contributed by atoms with Gasteiger partial charge in [-0.05, 0) is 31.0 Å². The van der Waals surface area contributed by atoms with Crippen LogP contribution in [-0.2, 0) is 4.74 Å². The Hall–Kier alpha value is -1.07. The van der Waals surface area contributed by atoms with E-state index in [0.717, 1.165) is 23.9 Å². The Morgan fingerprint density at radius 3 is 2.90 bits per heavy atom. The minimum Gasteiger partial charge on any atom is -0.494 e. The van der Waals surface area contributed by atoms with Gasteiger partial charge in [0, 0.05) is 24.0 Å². The molecular weight excluding hydrogens is 322 g/mol. The second-order valence-electron chi connectivity index (χ2n) is 4.29. The minimum atomic E-state index is -0.0764. The molecule has 4 nitrogen and oxygen atoms in total. The van der Waals surface area contributed by atoms with Gasteiger partial charge in [0.05, 0.1) is 13.2 Å². The number of alkyl halides is 1. The second kappa shape index (κ2) is 10.7. The second-order valence-corrected chi connectivity index (χ2v) is 5.08. The number of carbonyl (C=O) groups excluding carboxylic acids is 1. The zero-order chi connectivity index (χ0) is 14.6. The van der Waals surface area contributed by atoms with Gasteiger partial charge >= 0.3 is 0 Å². The molecule has 0 heterocycles. The summed E-state index contributed by atoms with van der Waals surface area (Å²) in [6, 6.07) is 7.25. The third-order valence-corrected chi connectivity index (χ3v) is 2.87. The lowest BCUT2D eigenvalue weighted by molar-refractivity contribution is 0.0944. The van der Waals surface area contributed by atoms with Crippen LogP contribution < -0.4 is 10.1 Å². The summed E-state index contributed by atoms with van der Waals surface area (Å²) in [7, 11) is 0. The minimum absolute atomic E-state index is 0.0764. The number of ether oxygens (including phenoxy) is 2. The summed E-state index contributed by atoms with van der Waals surface area (Å²) in [5.41, 5.74) is 0.625. The molecule has 1 aromatic carbocycles. The first-order valence-electron chi connectivity index (χ1n) is 6.92. The van der Waals surface area contributed by atoms with Gasteiger partial charge in [0.15, 0.2) is 0 Å². The van der Waals surface area contributed by atoms with Crippen molar-refractivity contribution in [2.24, 2.45) is 0 Å². The van der Waals surface area contributed by atoms with Crippen LogP contribution >= 0.6 is 15.9 Å². The monoisotopic (exact) mass is 343 g/mol. The van der Waals surface area contributed by atoms with E-state index in [1.807, 2.05) is 19.1 Å². The highest BCUT2D eigenvalue weighted by molar-refractivity contribution is 9.09. The van der Waals surface area contributed by atoms with E-state index in [1.54, 1.807) is 12.1 Å². The largest absolute Gasteiger partial charge is 0.494 e. The third kappa shape index (κ3) is 6.91. The average molecular weight is 344 g/mol. The Morgan fingerprint density at radius 1 is 1.30 bits per heavy atom. The van der Waals surface area contributed by atoms with Gasteiger partial charge in [-0.1, -0.05) is 28.9 Å². The van der Waals surface area contributed by atoms with Crippen LogP contribution in [-0.4, -0.2) is 37.6 Å². The smallest absolute Gasteiger partial charge is 0.251 e. The standard InChI is InChI=1S/C15H22BrNO3/c1-2-9-20-14-6-3-5-13(12-14)15(18)17-8-4-10-19-11-7-16/h3,5-6,12H,2,4,7-11H2,1H3,(H,17,18). The van der Waals surface area contributed by atoms with E-state index >= 15 is 0 Å². The summed E-state index contributed by atoms with van der Waals surface area (Å²) in [6.07, 6.45) is 1.76. The summed E-state index contributed by atoms with van der Waals surface area (Å²) in [5, 5.41) is 3.71. The topological polar surface area (TPSA) is 47.6 Å². The Bertz CT molecular complexity index is 398. The number of benzene rings is 1. The van der Waals surface area contributed by atoms with Crippen molar-refractivity contribution in [3.63, 3.8) is 0 Å². The van der Waals surface area contributed by atoms with E-state index in [9.17, 15) is 4.79 Å². The molecule has 0 atom stereocenters. The summed E-state index contributed by atoms with van der Waals surface area (Å²) < 4.78 is 10.8. The van der Waals surface area contributed by atoms with Gasteiger partial charge in [-0.3, -0.25) is 4.79 Å². The fourth-order valence-electron chi connectivity index (χ4n) is 1.58. The highest BCUT2D eigenvalue weighted by Gasteiger charge is 2.05. The van der Waals surface area contributed by atoms with Crippen molar-refractivity contribution in [2.45, 2.75) is 19.8 Å². The Labute approximate surface area is 129 Å². The molecule has 0 aliphatic rings. The van der Waals surface area contributed by atoms with Crippen molar-refractivity contribution in [1.29, 1.82) is 0 Å². The SMILES string of the molecule is CCCOc1cccc(C(=O)NCCCOCCBr)c1. The van der Waals surface area contributed by atoms with E-state index in [2.05, 4.69) is 21.2 Å². The number of halogens is 1. The lowest BCUT2D eigenvalue weighted by Gasteiger charge is -2.08. The number of rotatable bonds is 10. The molecule has 0 fully saturated rings. The molecule has 112 valence electrons. The van der Waals surface area contributed by atoms with Gasteiger partial charge in [0.2, 0.25) is 0 Å². The van der Waals surface area contributed by atoms with Crippen LogP contribution in [0.15, 0.2) is 24.3 Å². The molecular formula is C15H22BrNO3. The zero-order valence-electron chi connectivity index (χ0n) is 11.9. The van der Waals surface area contributed by atoms with Gasteiger partial charge in [0.25, 0.3) is 5.91 Å².